The molecule has 1 heterocycles. The van der Waals surface area contributed by atoms with Crippen molar-refractivity contribution in [3.8, 4) is 0 Å². The zero-order valence-corrected chi connectivity index (χ0v) is 10.9. The van der Waals surface area contributed by atoms with Crippen LogP contribution in [0.25, 0.3) is 0 Å². The summed E-state index contributed by atoms with van der Waals surface area (Å²) in [4.78, 5) is 14.5. The fourth-order valence-electron chi connectivity index (χ4n) is 3.47. The standard InChI is InChI=1S/C14H21NO3/c1-17-12-7-6-11-13(12)18-9-8-15(11)14(16)10-4-2-3-5-10/h4,11-13H,2-3,5-9H2,1H3/t11-,12-,13+/m0/s1. The average molecular weight is 251 g/mol. The Hall–Kier alpha value is -0.870. The smallest absolute Gasteiger partial charge is 0.249 e. The predicted octanol–water partition coefficient (Wildman–Crippen LogP) is 1.50. The average Bonchev–Trinajstić information content (AvgIpc) is 3.06. The molecule has 3 rings (SSSR count). The Kier molecular flexibility index (Phi) is 3.39. The third-order valence-electron chi connectivity index (χ3n) is 4.41. The first-order valence-electron chi connectivity index (χ1n) is 6.95. The van der Waals surface area contributed by atoms with Gasteiger partial charge in [-0.2, -0.15) is 0 Å². The highest BCUT2D eigenvalue weighted by Gasteiger charge is 2.44. The van der Waals surface area contributed by atoms with E-state index < -0.39 is 0 Å². The highest BCUT2D eigenvalue weighted by Crippen LogP contribution is 2.33. The van der Waals surface area contributed by atoms with Crippen LogP contribution < -0.4 is 0 Å². The van der Waals surface area contributed by atoms with Crippen LogP contribution in [0.4, 0.5) is 0 Å². The van der Waals surface area contributed by atoms with Crippen LogP contribution in [-0.4, -0.2) is 49.3 Å². The molecule has 0 spiro atoms. The summed E-state index contributed by atoms with van der Waals surface area (Å²) in [7, 11) is 1.73. The molecule has 0 bridgehead atoms. The van der Waals surface area contributed by atoms with Crippen molar-refractivity contribution in [1.82, 2.24) is 4.90 Å². The topological polar surface area (TPSA) is 38.8 Å². The molecule has 0 aromatic rings. The zero-order valence-electron chi connectivity index (χ0n) is 10.9. The van der Waals surface area contributed by atoms with E-state index in [4.69, 9.17) is 9.47 Å². The molecule has 0 N–H and O–H groups in total. The summed E-state index contributed by atoms with van der Waals surface area (Å²) in [5.74, 6) is 0.238. The first-order valence-corrected chi connectivity index (χ1v) is 6.95. The van der Waals surface area contributed by atoms with E-state index in [-0.39, 0.29) is 24.2 Å². The van der Waals surface area contributed by atoms with Crippen molar-refractivity contribution in [3.63, 3.8) is 0 Å². The van der Waals surface area contributed by atoms with Crippen LogP contribution in [0.1, 0.15) is 32.1 Å². The van der Waals surface area contributed by atoms with Gasteiger partial charge in [-0.25, -0.2) is 0 Å². The predicted molar refractivity (Wildman–Crippen MR) is 67.2 cm³/mol. The number of nitrogens with zero attached hydrogens (tertiary/aromatic N) is 1. The van der Waals surface area contributed by atoms with Crippen molar-refractivity contribution in [2.24, 2.45) is 0 Å². The van der Waals surface area contributed by atoms with E-state index in [1.807, 2.05) is 4.90 Å². The molecule has 4 heteroatoms. The molecule has 1 saturated carbocycles. The summed E-state index contributed by atoms with van der Waals surface area (Å²) in [5.41, 5.74) is 1.01. The second kappa shape index (κ2) is 5.02. The molecular weight excluding hydrogens is 230 g/mol. The molecule has 4 nitrogen and oxygen atoms in total. The summed E-state index contributed by atoms with van der Waals surface area (Å²) in [6.45, 7) is 1.37. The van der Waals surface area contributed by atoms with Crippen molar-refractivity contribution in [3.05, 3.63) is 11.6 Å². The van der Waals surface area contributed by atoms with Crippen LogP contribution in [0, 0.1) is 0 Å². The lowest BCUT2D eigenvalue weighted by Crippen LogP contribution is -2.54. The van der Waals surface area contributed by atoms with Gasteiger partial charge in [0.1, 0.15) is 6.10 Å². The first-order chi connectivity index (χ1) is 8.81. The van der Waals surface area contributed by atoms with E-state index in [1.165, 1.54) is 0 Å². The Morgan fingerprint density at radius 3 is 3.11 bits per heavy atom. The summed E-state index contributed by atoms with van der Waals surface area (Å²) in [5, 5.41) is 0. The minimum absolute atomic E-state index is 0.0784. The van der Waals surface area contributed by atoms with E-state index in [1.54, 1.807) is 7.11 Å². The monoisotopic (exact) mass is 251 g/mol. The normalized spacial score (nSPS) is 35.5. The van der Waals surface area contributed by atoms with Gasteiger partial charge in [0.15, 0.2) is 0 Å². The molecule has 3 aliphatic rings. The van der Waals surface area contributed by atoms with Gasteiger partial charge in [0.25, 0.3) is 0 Å². The minimum Gasteiger partial charge on any atom is -0.379 e. The molecule has 0 aromatic heterocycles. The van der Waals surface area contributed by atoms with Gasteiger partial charge >= 0.3 is 0 Å². The van der Waals surface area contributed by atoms with E-state index in [2.05, 4.69) is 6.08 Å². The molecule has 0 radical (unpaired) electrons. The number of carbonyl (C=O) groups excluding carboxylic acids is 1. The number of morpholine rings is 1. The van der Waals surface area contributed by atoms with E-state index in [0.717, 1.165) is 44.2 Å². The number of hydrogen-bond acceptors (Lipinski definition) is 3. The Bertz CT molecular complexity index is 366. The number of allylic oxidation sites excluding steroid dienone is 1. The maximum atomic E-state index is 12.5. The fraction of sp³-hybridized carbons (Fsp3) is 0.786. The van der Waals surface area contributed by atoms with Crippen molar-refractivity contribution in [2.45, 2.75) is 50.4 Å². The Balaban J connectivity index is 1.74. The lowest BCUT2D eigenvalue weighted by Gasteiger charge is -2.39. The molecule has 18 heavy (non-hydrogen) atoms. The first kappa shape index (κ1) is 12.2. The number of rotatable bonds is 2. The van der Waals surface area contributed by atoms with E-state index in [0.29, 0.717) is 6.61 Å². The second-order valence-corrected chi connectivity index (χ2v) is 5.37. The van der Waals surface area contributed by atoms with Gasteiger partial charge in [-0.1, -0.05) is 6.08 Å². The van der Waals surface area contributed by atoms with Crippen molar-refractivity contribution in [2.75, 3.05) is 20.3 Å². The third kappa shape index (κ3) is 1.97. The lowest BCUT2D eigenvalue weighted by atomic mass is 10.1. The Morgan fingerprint density at radius 2 is 2.39 bits per heavy atom. The van der Waals surface area contributed by atoms with Gasteiger partial charge in [0, 0.05) is 19.2 Å². The van der Waals surface area contributed by atoms with Crippen molar-refractivity contribution in [1.29, 1.82) is 0 Å². The molecule has 2 fully saturated rings. The largest absolute Gasteiger partial charge is 0.379 e. The lowest BCUT2D eigenvalue weighted by molar-refractivity contribution is -0.146. The van der Waals surface area contributed by atoms with Crippen LogP contribution in [0.2, 0.25) is 0 Å². The number of fused-ring (bicyclic) bond motifs is 1. The summed E-state index contributed by atoms with van der Waals surface area (Å²) < 4.78 is 11.3. The molecular formula is C14H21NO3. The highest BCUT2D eigenvalue weighted by atomic mass is 16.5. The summed E-state index contributed by atoms with van der Waals surface area (Å²) >= 11 is 0. The quantitative estimate of drug-likeness (QED) is 0.746. The molecule has 1 aliphatic heterocycles. The van der Waals surface area contributed by atoms with Gasteiger partial charge in [-0.15, -0.1) is 0 Å². The van der Waals surface area contributed by atoms with E-state index >= 15 is 0 Å². The summed E-state index contributed by atoms with van der Waals surface area (Å²) in [6, 6.07) is 0.220. The van der Waals surface area contributed by atoms with Gasteiger partial charge in [-0.3, -0.25) is 4.79 Å². The third-order valence-corrected chi connectivity index (χ3v) is 4.41. The van der Waals surface area contributed by atoms with Crippen LogP contribution in [0.15, 0.2) is 11.6 Å². The van der Waals surface area contributed by atoms with Crippen LogP contribution in [-0.2, 0) is 14.3 Å². The molecule has 0 unspecified atom stereocenters. The number of carbonyl (C=O) groups is 1. The highest BCUT2D eigenvalue weighted by molar-refractivity contribution is 5.94. The fourth-order valence-corrected chi connectivity index (χ4v) is 3.47. The van der Waals surface area contributed by atoms with Crippen LogP contribution in [0.3, 0.4) is 0 Å². The van der Waals surface area contributed by atoms with Crippen LogP contribution in [0.5, 0.6) is 0 Å². The number of ether oxygens (including phenoxy) is 2. The SMILES string of the molecule is CO[C@H]1CC[C@H]2[C@H]1OCCN2C(=O)C1=CCCC1. The molecule has 1 amide bonds. The Labute approximate surface area is 108 Å². The zero-order chi connectivity index (χ0) is 12.5. The van der Waals surface area contributed by atoms with Crippen LogP contribution >= 0.6 is 0 Å². The molecule has 2 aliphatic carbocycles. The maximum Gasteiger partial charge on any atom is 0.249 e. The maximum absolute atomic E-state index is 12.5. The summed E-state index contributed by atoms with van der Waals surface area (Å²) in [6.07, 6.45) is 7.46. The number of hydrogen-bond donors (Lipinski definition) is 0. The molecule has 1 saturated heterocycles. The van der Waals surface area contributed by atoms with E-state index in [9.17, 15) is 4.79 Å². The minimum atomic E-state index is 0.0784. The van der Waals surface area contributed by atoms with Gasteiger partial charge < -0.3 is 14.4 Å². The Morgan fingerprint density at radius 1 is 1.50 bits per heavy atom. The number of methoxy groups -OCH3 is 1. The molecule has 100 valence electrons. The van der Waals surface area contributed by atoms with Gasteiger partial charge in [-0.05, 0) is 32.1 Å². The van der Waals surface area contributed by atoms with Crippen molar-refractivity contribution >= 4 is 5.91 Å². The second-order valence-electron chi connectivity index (χ2n) is 5.37. The van der Waals surface area contributed by atoms with Crippen molar-refractivity contribution < 1.29 is 14.3 Å². The molecule has 3 atom stereocenters. The molecule has 0 aromatic carbocycles. The van der Waals surface area contributed by atoms with Gasteiger partial charge in [0.2, 0.25) is 5.91 Å². The number of amides is 1. The van der Waals surface area contributed by atoms with Gasteiger partial charge in [0.05, 0.1) is 18.8 Å².